The average molecular weight is 521 g/mol. The predicted molar refractivity (Wildman–Crippen MR) is 147 cm³/mol. The molecule has 2 aromatic heterocycles. The molecule has 0 amide bonds. The Morgan fingerprint density at radius 3 is 1.53 bits per heavy atom. The van der Waals surface area contributed by atoms with E-state index >= 15 is 0 Å². The van der Waals surface area contributed by atoms with Crippen LogP contribution in [0.4, 0.5) is 0 Å². The highest BCUT2D eigenvalue weighted by Gasteiger charge is 2.27. The third-order valence-electron chi connectivity index (χ3n) is 7.08. The van der Waals surface area contributed by atoms with E-state index in [0.717, 1.165) is 49.9 Å². The van der Waals surface area contributed by atoms with E-state index in [1.165, 1.54) is 0 Å². The molecular weight excluding hydrogens is 476 g/mol. The molecule has 0 N–H and O–H groups in total. The quantitative estimate of drug-likeness (QED) is 0.209. The summed E-state index contributed by atoms with van der Waals surface area (Å²) in [5, 5.41) is 26.6. The van der Waals surface area contributed by atoms with Crippen molar-refractivity contribution < 1.29 is 19.3 Å². The maximum absolute atomic E-state index is 13.3. The second-order valence-electron chi connectivity index (χ2n) is 11.1. The van der Waals surface area contributed by atoms with E-state index in [2.05, 4.69) is 23.8 Å². The van der Waals surface area contributed by atoms with Crippen LogP contribution in [0, 0.1) is 0 Å². The van der Waals surface area contributed by atoms with Gasteiger partial charge in [0.1, 0.15) is 24.8 Å². The summed E-state index contributed by atoms with van der Waals surface area (Å²) in [7, 11) is 3.75. The van der Waals surface area contributed by atoms with Crippen LogP contribution in [0.3, 0.4) is 0 Å². The van der Waals surface area contributed by atoms with E-state index in [1.807, 2.05) is 109 Å². The summed E-state index contributed by atoms with van der Waals surface area (Å²) in [5.74, 6) is 0.650. The standard InChI is InChI=1S/C30H44N6O2/c1-9-11-16-35-20-18-33(7)27(35)25(37)31-29(3,4)23-14-13-15-24(22-23)30(5,6)32-26(38)28-34(8)19-21-36(28)17-12-10-2/h13-15,18-22H,9-12,16-17H2,1-8H3. The Bertz CT molecular complexity index is 1200. The zero-order chi connectivity index (χ0) is 28.1. The van der Waals surface area contributed by atoms with Crippen LogP contribution in [0.15, 0.2) is 59.0 Å². The maximum Gasteiger partial charge on any atom is 0.291 e. The van der Waals surface area contributed by atoms with E-state index < -0.39 is 11.1 Å². The topological polar surface area (TPSA) is 88.5 Å². The van der Waals surface area contributed by atoms with Crippen molar-refractivity contribution in [1.29, 1.82) is 0 Å². The summed E-state index contributed by atoms with van der Waals surface area (Å²) in [6.07, 6.45) is 11.8. The summed E-state index contributed by atoms with van der Waals surface area (Å²) in [5.41, 5.74) is 0.262. The fourth-order valence-electron chi connectivity index (χ4n) is 4.63. The molecular formula is C30H44N6O2. The van der Waals surface area contributed by atoms with Gasteiger partial charge in [-0.1, -0.05) is 51.0 Å². The number of unbranched alkanes of at least 4 members (excludes halogenated alkanes) is 2. The molecule has 0 aliphatic rings. The first-order valence-electron chi connectivity index (χ1n) is 13.7. The van der Waals surface area contributed by atoms with Gasteiger partial charge in [-0.05, 0) is 51.7 Å². The molecule has 0 unspecified atom stereocenters. The molecule has 38 heavy (non-hydrogen) atoms. The van der Waals surface area contributed by atoms with Crippen LogP contribution in [0.5, 0.6) is 0 Å². The molecule has 1 aromatic carbocycles. The van der Waals surface area contributed by atoms with Gasteiger partial charge < -0.3 is 10.2 Å². The molecule has 0 fully saturated rings. The van der Waals surface area contributed by atoms with E-state index in [1.54, 1.807) is 0 Å². The van der Waals surface area contributed by atoms with Gasteiger partial charge in [-0.3, -0.25) is 9.98 Å². The Hall–Kier alpha value is -3.42. The highest BCUT2D eigenvalue weighted by atomic mass is 16.3. The molecule has 0 aliphatic carbocycles. The highest BCUT2D eigenvalue weighted by Crippen LogP contribution is 2.31. The minimum Gasteiger partial charge on any atom is -0.853 e. The number of hydrogen-bond donors (Lipinski definition) is 0. The summed E-state index contributed by atoms with van der Waals surface area (Å²) in [6, 6.07) is 7.91. The molecule has 3 rings (SSSR count). The number of aromatic nitrogens is 4. The van der Waals surface area contributed by atoms with Gasteiger partial charge in [0.15, 0.2) is 0 Å². The van der Waals surface area contributed by atoms with Crippen LogP contribution < -0.4 is 19.3 Å². The number of rotatable bonds is 12. The Kier molecular flexibility index (Phi) is 9.18. The number of nitrogens with zero attached hydrogens (tertiary/aromatic N) is 6. The minimum absolute atomic E-state index is 0.247. The van der Waals surface area contributed by atoms with Gasteiger partial charge in [0.2, 0.25) is 0 Å². The predicted octanol–water partition coefficient (Wildman–Crippen LogP) is 2.62. The van der Waals surface area contributed by atoms with Gasteiger partial charge in [0.25, 0.3) is 11.6 Å². The summed E-state index contributed by atoms with van der Waals surface area (Å²) < 4.78 is 7.62. The number of hydrogen-bond acceptors (Lipinski definition) is 4. The number of imidazole rings is 2. The van der Waals surface area contributed by atoms with Gasteiger partial charge >= 0.3 is 0 Å². The lowest BCUT2D eigenvalue weighted by Gasteiger charge is -2.28. The minimum atomic E-state index is -0.763. The van der Waals surface area contributed by atoms with Crippen molar-refractivity contribution in [3.05, 3.63) is 71.8 Å². The highest BCUT2D eigenvalue weighted by molar-refractivity contribution is 5.86. The molecule has 8 heteroatoms. The first-order valence-corrected chi connectivity index (χ1v) is 13.7. The molecule has 2 heterocycles. The number of aliphatic imine (C=N–C) groups is 2. The van der Waals surface area contributed by atoms with Gasteiger partial charge in [-0.15, -0.1) is 0 Å². The summed E-state index contributed by atoms with van der Waals surface area (Å²) in [4.78, 5) is 9.29. The van der Waals surface area contributed by atoms with Crippen LogP contribution in [0.2, 0.25) is 0 Å². The van der Waals surface area contributed by atoms with E-state index in [4.69, 9.17) is 0 Å². The van der Waals surface area contributed by atoms with Crippen molar-refractivity contribution in [3.63, 3.8) is 0 Å². The SMILES string of the molecule is CCCCn1cc[n+](C)c1C([O-])=NC(C)(C)c1cccc(C(C)(C)N=C([O-])c2n(CCCC)cc[n+]2C)c1. The van der Waals surface area contributed by atoms with Crippen LogP contribution in [-0.4, -0.2) is 20.9 Å². The van der Waals surface area contributed by atoms with Gasteiger partial charge in [0, 0.05) is 0 Å². The Morgan fingerprint density at radius 1 is 0.763 bits per heavy atom. The lowest BCUT2D eigenvalue weighted by Crippen LogP contribution is -2.41. The average Bonchev–Trinajstić information content (AvgIpc) is 3.42. The maximum atomic E-state index is 13.3. The second kappa shape index (κ2) is 12.0. The Balaban J connectivity index is 1.94. The fraction of sp³-hybridized carbons (Fsp3) is 0.533. The molecule has 0 atom stereocenters. The Morgan fingerprint density at radius 2 is 1.16 bits per heavy atom. The van der Waals surface area contributed by atoms with Crippen LogP contribution >= 0.6 is 0 Å². The fourth-order valence-corrected chi connectivity index (χ4v) is 4.63. The lowest BCUT2D eigenvalue weighted by molar-refractivity contribution is -0.674. The van der Waals surface area contributed by atoms with E-state index in [-0.39, 0.29) is 11.8 Å². The first kappa shape index (κ1) is 29.1. The van der Waals surface area contributed by atoms with Crippen LogP contribution in [-0.2, 0) is 38.3 Å². The van der Waals surface area contributed by atoms with Gasteiger partial charge in [-0.2, -0.15) is 0 Å². The van der Waals surface area contributed by atoms with Crippen LogP contribution in [0.25, 0.3) is 0 Å². The largest absolute Gasteiger partial charge is 0.853 e. The van der Waals surface area contributed by atoms with Crippen molar-refractivity contribution in [2.45, 2.75) is 91.4 Å². The van der Waals surface area contributed by atoms with Crippen molar-refractivity contribution in [2.24, 2.45) is 24.1 Å². The monoisotopic (exact) mass is 520 g/mol. The normalized spacial score (nSPS) is 13.4. The van der Waals surface area contributed by atoms with Crippen molar-refractivity contribution in [1.82, 2.24) is 9.13 Å². The zero-order valence-electron chi connectivity index (χ0n) is 24.4. The number of aryl methyl sites for hydroxylation is 4. The molecule has 0 spiro atoms. The molecule has 0 radical (unpaired) electrons. The van der Waals surface area contributed by atoms with E-state index in [9.17, 15) is 10.2 Å². The smallest absolute Gasteiger partial charge is 0.291 e. The molecule has 8 nitrogen and oxygen atoms in total. The number of benzene rings is 1. The molecule has 0 saturated carbocycles. The first-order chi connectivity index (χ1) is 17.9. The van der Waals surface area contributed by atoms with E-state index in [0.29, 0.717) is 11.6 Å². The molecule has 206 valence electrons. The second-order valence-corrected chi connectivity index (χ2v) is 11.1. The van der Waals surface area contributed by atoms with Crippen LogP contribution in [0.1, 0.15) is 90.0 Å². The third-order valence-corrected chi connectivity index (χ3v) is 7.08. The summed E-state index contributed by atoms with van der Waals surface area (Å²) in [6.45, 7) is 13.6. The third kappa shape index (κ3) is 6.52. The van der Waals surface area contributed by atoms with Gasteiger partial charge in [0.05, 0.1) is 50.1 Å². The molecule has 0 aliphatic heterocycles. The lowest BCUT2D eigenvalue weighted by atomic mass is 9.88. The Labute approximate surface area is 227 Å². The molecule has 3 aromatic rings. The molecule has 0 bridgehead atoms. The van der Waals surface area contributed by atoms with Crippen molar-refractivity contribution >= 4 is 11.8 Å². The molecule has 0 saturated heterocycles. The van der Waals surface area contributed by atoms with Gasteiger partial charge in [-0.25, -0.2) is 18.3 Å². The van der Waals surface area contributed by atoms with Crippen molar-refractivity contribution in [2.75, 3.05) is 0 Å². The summed E-state index contributed by atoms with van der Waals surface area (Å²) >= 11 is 0. The van der Waals surface area contributed by atoms with Crippen molar-refractivity contribution in [3.8, 4) is 0 Å². The zero-order valence-corrected chi connectivity index (χ0v) is 24.4.